The van der Waals surface area contributed by atoms with E-state index in [1.54, 1.807) is 37.7 Å². The number of aryl methyl sites for hydroxylation is 1. The summed E-state index contributed by atoms with van der Waals surface area (Å²) >= 11 is 0. The molecule has 1 heterocycles. The summed E-state index contributed by atoms with van der Waals surface area (Å²) in [4.78, 5) is 40.9. The molecule has 0 radical (unpaired) electrons. The number of hydrogen-bond acceptors (Lipinski definition) is 7. The van der Waals surface area contributed by atoms with E-state index in [0.29, 0.717) is 38.9 Å². The number of amides is 3. The van der Waals surface area contributed by atoms with Crippen molar-refractivity contribution in [2.75, 3.05) is 26.7 Å². The van der Waals surface area contributed by atoms with E-state index in [4.69, 9.17) is 19.9 Å². The molecule has 3 amide bonds. The van der Waals surface area contributed by atoms with Crippen LogP contribution in [0.15, 0.2) is 24.3 Å². The van der Waals surface area contributed by atoms with Gasteiger partial charge in [0.05, 0.1) is 7.11 Å². The smallest absolute Gasteiger partial charge is 0.410 e. The van der Waals surface area contributed by atoms with Gasteiger partial charge in [-0.05, 0) is 64.7 Å². The summed E-state index contributed by atoms with van der Waals surface area (Å²) in [5, 5.41) is 17.7. The lowest BCUT2D eigenvalue weighted by atomic mass is 9.94. The third kappa shape index (κ3) is 8.18. The summed E-state index contributed by atoms with van der Waals surface area (Å²) in [6.45, 7) is 8.19. The molecule has 10 nitrogen and oxygen atoms in total. The normalized spacial score (nSPS) is 17.2. The monoisotopic (exact) mass is 479 g/mol. The second-order valence-corrected chi connectivity index (χ2v) is 9.63. The van der Waals surface area contributed by atoms with E-state index in [2.05, 4.69) is 0 Å². The predicted molar refractivity (Wildman–Crippen MR) is 123 cm³/mol. The zero-order valence-electron chi connectivity index (χ0n) is 20.7. The van der Waals surface area contributed by atoms with Gasteiger partial charge in [-0.2, -0.15) is 0 Å². The van der Waals surface area contributed by atoms with Crippen molar-refractivity contribution >= 4 is 17.9 Å². The molecule has 1 aliphatic heterocycles. The Morgan fingerprint density at radius 2 is 1.79 bits per heavy atom. The largest absolute Gasteiger partial charge is 0.497 e. The van der Waals surface area contributed by atoms with E-state index in [0.717, 1.165) is 11.3 Å². The zero-order valence-corrected chi connectivity index (χ0v) is 20.7. The maximum absolute atomic E-state index is 13.3. The summed E-state index contributed by atoms with van der Waals surface area (Å²) in [6, 6.07) is 7.36. The van der Waals surface area contributed by atoms with Gasteiger partial charge in [0.1, 0.15) is 11.4 Å². The highest BCUT2D eigenvalue weighted by molar-refractivity contribution is 5.85. The number of carbonyl (C=O) groups excluding carboxylic acids is 3. The van der Waals surface area contributed by atoms with Crippen LogP contribution in [0.4, 0.5) is 4.79 Å². The van der Waals surface area contributed by atoms with Gasteiger partial charge in [0.2, 0.25) is 5.91 Å². The highest BCUT2D eigenvalue weighted by Crippen LogP contribution is 2.22. The van der Waals surface area contributed by atoms with Crippen LogP contribution in [0.1, 0.15) is 52.5 Å². The minimum Gasteiger partial charge on any atom is -0.497 e. The number of carbonyl (C=O) groups is 3. The van der Waals surface area contributed by atoms with Crippen LogP contribution in [0.5, 0.6) is 5.75 Å². The fourth-order valence-corrected chi connectivity index (χ4v) is 3.96. The Kier molecular flexibility index (Phi) is 9.69. The van der Waals surface area contributed by atoms with Gasteiger partial charge in [-0.15, -0.1) is 0 Å². The lowest BCUT2D eigenvalue weighted by Gasteiger charge is -2.41. The van der Waals surface area contributed by atoms with Crippen molar-refractivity contribution in [1.29, 1.82) is 0 Å². The van der Waals surface area contributed by atoms with Gasteiger partial charge in [-0.1, -0.05) is 17.4 Å². The van der Waals surface area contributed by atoms with Crippen LogP contribution in [-0.2, 0) is 20.7 Å². The molecule has 2 atom stereocenters. The van der Waals surface area contributed by atoms with Gasteiger partial charge in [0.25, 0.3) is 5.91 Å². The van der Waals surface area contributed by atoms with Gasteiger partial charge in [0, 0.05) is 38.0 Å². The zero-order chi connectivity index (χ0) is 25.5. The first-order valence-electron chi connectivity index (χ1n) is 11.5. The van der Waals surface area contributed by atoms with E-state index in [-0.39, 0.29) is 18.4 Å². The maximum atomic E-state index is 13.3. The molecule has 1 aliphatic rings. The van der Waals surface area contributed by atoms with Crippen LogP contribution >= 0.6 is 0 Å². The molecular formula is C24H37N3O7. The summed E-state index contributed by atoms with van der Waals surface area (Å²) in [6.07, 6.45) is 1.02. The highest BCUT2D eigenvalue weighted by atomic mass is 16.8. The van der Waals surface area contributed by atoms with Gasteiger partial charge in [-0.25, -0.2) is 4.79 Å². The van der Waals surface area contributed by atoms with Crippen molar-refractivity contribution < 1.29 is 34.3 Å². The molecule has 1 fully saturated rings. The number of benzene rings is 1. The number of hydroxylamine groups is 2. The van der Waals surface area contributed by atoms with E-state index in [1.165, 1.54) is 0 Å². The second kappa shape index (κ2) is 12.0. The van der Waals surface area contributed by atoms with Crippen LogP contribution in [0, 0.1) is 5.92 Å². The quantitative estimate of drug-likeness (QED) is 0.434. The topological polar surface area (TPSA) is 120 Å². The van der Waals surface area contributed by atoms with E-state index in [1.807, 2.05) is 31.2 Å². The van der Waals surface area contributed by atoms with E-state index in [9.17, 15) is 14.4 Å². The summed E-state index contributed by atoms with van der Waals surface area (Å²) in [5.74, 6) is -1.12. The molecule has 0 saturated carbocycles. The van der Waals surface area contributed by atoms with Crippen LogP contribution < -0.4 is 4.74 Å². The Morgan fingerprint density at radius 3 is 2.32 bits per heavy atom. The third-order valence-electron chi connectivity index (χ3n) is 5.74. The Morgan fingerprint density at radius 1 is 1.15 bits per heavy atom. The van der Waals surface area contributed by atoms with Crippen molar-refractivity contribution in [3.05, 3.63) is 29.8 Å². The Bertz CT molecular complexity index is 836. The Labute approximate surface area is 200 Å². The average molecular weight is 480 g/mol. The first-order chi connectivity index (χ1) is 15.9. The fraction of sp³-hybridized carbons (Fsp3) is 0.625. The molecule has 2 N–H and O–H groups in total. The molecule has 1 aromatic carbocycles. The number of hydrogen-bond donors (Lipinski definition) is 2. The molecular weight excluding hydrogens is 442 g/mol. The molecule has 0 aromatic heterocycles. The van der Waals surface area contributed by atoms with E-state index >= 15 is 0 Å². The molecule has 0 bridgehead atoms. The standard InChI is InChI=1S/C24H37N3O7/c1-17-16-25(13-14-26(17)23(30)34-24(2,3)4)22(29)19(15-21(28)27(31)32)8-6-7-18-9-11-20(33-5)12-10-18/h9-12,17,19,31-32H,6-8,13-16H2,1-5H3/t17-,19?/m1/s1. The fourth-order valence-electron chi connectivity index (χ4n) is 3.96. The first-order valence-corrected chi connectivity index (χ1v) is 11.5. The Hall–Kier alpha value is -2.85. The van der Waals surface area contributed by atoms with Gasteiger partial charge in [-0.3, -0.25) is 20.0 Å². The number of nitrogens with zero attached hydrogens (tertiary/aromatic N) is 3. The minimum absolute atomic E-state index is 0.236. The van der Waals surface area contributed by atoms with Gasteiger partial charge in [0.15, 0.2) is 0 Å². The maximum Gasteiger partial charge on any atom is 0.410 e. The number of methoxy groups -OCH3 is 1. The lowest BCUT2D eigenvalue weighted by molar-refractivity contribution is -0.285. The van der Waals surface area contributed by atoms with Gasteiger partial charge >= 0.3 is 6.09 Å². The van der Waals surface area contributed by atoms with Crippen molar-refractivity contribution in [2.45, 2.75) is 65.0 Å². The molecule has 1 unspecified atom stereocenters. The predicted octanol–water partition coefficient (Wildman–Crippen LogP) is 3.10. The summed E-state index contributed by atoms with van der Waals surface area (Å²) < 4.78 is 10.6. The molecule has 1 aromatic rings. The van der Waals surface area contributed by atoms with Crippen LogP contribution in [0.25, 0.3) is 0 Å². The Balaban J connectivity index is 2.00. The van der Waals surface area contributed by atoms with Crippen LogP contribution in [-0.4, -0.2) is 81.7 Å². The molecule has 1 saturated heterocycles. The minimum atomic E-state index is -0.941. The number of rotatable bonds is 8. The van der Waals surface area contributed by atoms with Crippen LogP contribution in [0.2, 0.25) is 0 Å². The average Bonchev–Trinajstić information content (AvgIpc) is 2.76. The highest BCUT2D eigenvalue weighted by Gasteiger charge is 2.35. The molecule has 2 rings (SSSR count). The molecule has 190 valence electrons. The molecule has 0 spiro atoms. The third-order valence-corrected chi connectivity index (χ3v) is 5.74. The van der Waals surface area contributed by atoms with Crippen molar-refractivity contribution in [3.8, 4) is 5.75 Å². The summed E-state index contributed by atoms with van der Waals surface area (Å²) in [7, 11) is 1.60. The number of ether oxygens (including phenoxy) is 2. The molecule has 0 aliphatic carbocycles. The second-order valence-electron chi connectivity index (χ2n) is 9.63. The first kappa shape index (κ1) is 27.4. The SMILES string of the molecule is COc1ccc(CCCC(CC(=O)N(O)O)C(=O)N2CCN(C(=O)OC(C)(C)C)[C@H](C)C2)cc1. The molecule has 34 heavy (non-hydrogen) atoms. The van der Waals surface area contributed by atoms with Crippen molar-refractivity contribution in [1.82, 2.24) is 15.0 Å². The van der Waals surface area contributed by atoms with Crippen molar-refractivity contribution in [3.63, 3.8) is 0 Å². The van der Waals surface area contributed by atoms with E-state index < -0.39 is 28.7 Å². The van der Waals surface area contributed by atoms with Gasteiger partial charge < -0.3 is 19.3 Å². The molecule has 10 heteroatoms. The number of piperazine rings is 1. The lowest BCUT2D eigenvalue weighted by Crippen LogP contribution is -2.57. The van der Waals surface area contributed by atoms with Crippen molar-refractivity contribution in [2.24, 2.45) is 5.92 Å². The van der Waals surface area contributed by atoms with Crippen LogP contribution in [0.3, 0.4) is 0 Å². The summed E-state index contributed by atoms with van der Waals surface area (Å²) in [5.41, 5.74) is 0.461.